The Labute approximate surface area is 195 Å². The van der Waals surface area contributed by atoms with Crippen molar-refractivity contribution in [1.29, 1.82) is 0 Å². The maximum Gasteiger partial charge on any atom is 0.250 e. The van der Waals surface area contributed by atoms with Gasteiger partial charge in [-0.1, -0.05) is 24.6 Å². The number of aromatic hydroxyl groups is 2. The Morgan fingerprint density at radius 3 is 2.55 bits per heavy atom. The molecule has 3 amide bonds. The Bertz CT molecular complexity index is 1200. The number of imide groups is 1. The molecule has 2 aromatic carbocycles. The molecular formula is C24H24ClN3O5. The molecule has 9 heteroatoms. The lowest BCUT2D eigenvalue weighted by atomic mass is 9.76. The van der Waals surface area contributed by atoms with Gasteiger partial charge in [0.05, 0.1) is 11.8 Å². The number of nitrogens with zero attached hydrogens (tertiary/aromatic N) is 1. The first-order chi connectivity index (χ1) is 15.7. The van der Waals surface area contributed by atoms with E-state index in [2.05, 4.69) is 10.6 Å². The summed E-state index contributed by atoms with van der Waals surface area (Å²) in [5.41, 5.74) is 0.341. The highest BCUT2D eigenvalue weighted by Crippen LogP contribution is 2.54. The van der Waals surface area contributed by atoms with E-state index in [-0.39, 0.29) is 35.8 Å². The minimum atomic E-state index is -1.43. The normalized spacial score (nSPS) is 28.9. The van der Waals surface area contributed by atoms with Crippen molar-refractivity contribution in [3.8, 4) is 11.5 Å². The van der Waals surface area contributed by atoms with E-state index in [0.717, 1.165) is 0 Å². The second-order valence-electron chi connectivity index (χ2n) is 9.04. The monoisotopic (exact) mass is 469 g/mol. The van der Waals surface area contributed by atoms with Crippen molar-refractivity contribution < 1.29 is 24.6 Å². The van der Waals surface area contributed by atoms with Gasteiger partial charge in [0.1, 0.15) is 5.54 Å². The molecule has 172 valence electrons. The number of nitrogens with one attached hydrogen (secondary N) is 2. The number of rotatable bonds is 4. The Hall–Kier alpha value is -3.10. The minimum Gasteiger partial charge on any atom is -0.504 e. The van der Waals surface area contributed by atoms with Gasteiger partial charge in [-0.25, -0.2) is 0 Å². The zero-order valence-corrected chi connectivity index (χ0v) is 18.9. The predicted molar refractivity (Wildman–Crippen MR) is 121 cm³/mol. The van der Waals surface area contributed by atoms with E-state index in [1.165, 1.54) is 17.0 Å². The summed E-state index contributed by atoms with van der Waals surface area (Å²) in [4.78, 5) is 42.0. The summed E-state index contributed by atoms with van der Waals surface area (Å²) in [6.45, 7) is 3.73. The van der Waals surface area contributed by atoms with Crippen LogP contribution in [-0.4, -0.2) is 44.9 Å². The molecule has 3 aliphatic rings. The average Bonchev–Trinajstić information content (AvgIpc) is 3.35. The summed E-state index contributed by atoms with van der Waals surface area (Å²) in [7, 11) is 0. The minimum absolute atomic E-state index is 0.249. The lowest BCUT2D eigenvalue weighted by molar-refractivity contribution is -0.145. The molecule has 0 bridgehead atoms. The Kier molecular flexibility index (Phi) is 4.91. The molecule has 5 atom stereocenters. The van der Waals surface area contributed by atoms with Crippen molar-refractivity contribution in [3.05, 3.63) is 52.5 Å². The van der Waals surface area contributed by atoms with Gasteiger partial charge >= 0.3 is 0 Å². The molecule has 0 saturated carbocycles. The molecule has 5 unspecified atom stereocenters. The highest BCUT2D eigenvalue weighted by molar-refractivity contribution is 6.31. The van der Waals surface area contributed by atoms with Crippen LogP contribution >= 0.6 is 11.6 Å². The number of phenols is 2. The molecule has 2 aromatic rings. The molecule has 0 aromatic heterocycles. The molecule has 0 aliphatic carbocycles. The quantitative estimate of drug-likeness (QED) is 0.403. The Balaban J connectivity index is 1.64. The van der Waals surface area contributed by atoms with Crippen LogP contribution in [0.3, 0.4) is 0 Å². The SMILES string of the molecule is CCC(C)N1C(=O)C2C(Cc3ccc(O)c(O)c3)NC3(C(=O)Nc4ccc(Cl)cc43)C2C1=O. The third-order valence-corrected chi connectivity index (χ3v) is 7.47. The van der Waals surface area contributed by atoms with Crippen LogP contribution in [0.2, 0.25) is 5.02 Å². The van der Waals surface area contributed by atoms with Gasteiger partial charge in [0.25, 0.3) is 0 Å². The third kappa shape index (κ3) is 2.97. The molecule has 2 fully saturated rings. The second kappa shape index (κ2) is 7.46. The molecule has 1 spiro atoms. The van der Waals surface area contributed by atoms with Crippen LogP contribution in [0.1, 0.15) is 31.4 Å². The van der Waals surface area contributed by atoms with Crippen LogP contribution in [0, 0.1) is 11.8 Å². The van der Waals surface area contributed by atoms with Crippen LogP contribution in [0.15, 0.2) is 36.4 Å². The van der Waals surface area contributed by atoms with Crippen molar-refractivity contribution in [2.75, 3.05) is 5.32 Å². The van der Waals surface area contributed by atoms with E-state index >= 15 is 0 Å². The molecule has 0 radical (unpaired) electrons. The van der Waals surface area contributed by atoms with Crippen molar-refractivity contribution in [2.45, 2.75) is 44.3 Å². The first-order valence-corrected chi connectivity index (χ1v) is 11.3. The van der Waals surface area contributed by atoms with Crippen molar-refractivity contribution in [1.82, 2.24) is 10.2 Å². The first kappa shape index (κ1) is 21.7. The Morgan fingerprint density at radius 2 is 1.85 bits per heavy atom. The number of fused-ring (bicyclic) bond motifs is 4. The number of carbonyl (C=O) groups is 3. The fraction of sp³-hybridized carbons (Fsp3) is 0.375. The van der Waals surface area contributed by atoms with E-state index in [9.17, 15) is 24.6 Å². The number of hydrogen-bond acceptors (Lipinski definition) is 6. The number of benzene rings is 2. The smallest absolute Gasteiger partial charge is 0.250 e. The number of hydrogen-bond donors (Lipinski definition) is 4. The molecule has 2 saturated heterocycles. The van der Waals surface area contributed by atoms with Crippen LogP contribution in [-0.2, 0) is 26.3 Å². The van der Waals surface area contributed by atoms with E-state index in [4.69, 9.17) is 11.6 Å². The van der Waals surface area contributed by atoms with Gasteiger partial charge in [-0.2, -0.15) is 0 Å². The maximum atomic E-state index is 13.7. The van der Waals surface area contributed by atoms with Gasteiger partial charge < -0.3 is 15.5 Å². The maximum absolute atomic E-state index is 13.7. The van der Waals surface area contributed by atoms with Crippen molar-refractivity contribution >= 4 is 35.0 Å². The average molecular weight is 470 g/mol. The summed E-state index contributed by atoms with van der Waals surface area (Å²) < 4.78 is 0. The van der Waals surface area contributed by atoms with Crippen LogP contribution in [0.4, 0.5) is 5.69 Å². The van der Waals surface area contributed by atoms with E-state index in [1.54, 1.807) is 24.3 Å². The summed E-state index contributed by atoms with van der Waals surface area (Å²) in [6, 6.07) is 8.60. The number of phenolic OH excluding ortho intramolecular Hbond substituents is 2. The number of carbonyl (C=O) groups excluding carboxylic acids is 3. The van der Waals surface area contributed by atoms with Gasteiger partial charge in [-0.15, -0.1) is 0 Å². The zero-order valence-electron chi connectivity index (χ0n) is 18.1. The third-order valence-electron chi connectivity index (χ3n) is 7.24. The standard InChI is InChI=1S/C24H24ClN3O5/c1-3-11(2)28-21(31)19-16(8-12-4-7-17(29)18(30)9-12)27-24(20(19)22(28)32)14-10-13(25)5-6-15(14)26-23(24)33/h4-7,9-11,16,19-20,27,29-30H,3,8H2,1-2H3,(H,26,33). The van der Waals surface area contributed by atoms with Crippen molar-refractivity contribution in [3.63, 3.8) is 0 Å². The fourth-order valence-electron chi connectivity index (χ4n) is 5.54. The van der Waals surface area contributed by atoms with Gasteiger partial charge in [-0.3, -0.25) is 24.6 Å². The van der Waals surface area contributed by atoms with Gasteiger partial charge in [-0.05, 0) is 55.7 Å². The number of amides is 3. The van der Waals surface area contributed by atoms with Gasteiger partial charge in [0, 0.05) is 28.4 Å². The number of halogens is 1. The lowest BCUT2D eigenvalue weighted by Gasteiger charge is -2.31. The first-order valence-electron chi connectivity index (χ1n) is 11.0. The molecule has 4 N–H and O–H groups in total. The molecule has 8 nitrogen and oxygen atoms in total. The molecule has 33 heavy (non-hydrogen) atoms. The fourth-order valence-corrected chi connectivity index (χ4v) is 5.71. The van der Waals surface area contributed by atoms with Crippen LogP contribution in [0.5, 0.6) is 11.5 Å². The highest BCUT2D eigenvalue weighted by Gasteiger charge is 2.70. The molecule has 5 rings (SSSR count). The molecular weight excluding hydrogens is 446 g/mol. The van der Waals surface area contributed by atoms with E-state index < -0.39 is 29.3 Å². The predicted octanol–water partition coefficient (Wildman–Crippen LogP) is 2.51. The highest BCUT2D eigenvalue weighted by atomic mass is 35.5. The molecule has 3 heterocycles. The van der Waals surface area contributed by atoms with Crippen molar-refractivity contribution in [2.24, 2.45) is 11.8 Å². The largest absolute Gasteiger partial charge is 0.504 e. The topological polar surface area (TPSA) is 119 Å². The summed E-state index contributed by atoms with van der Waals surface area (Å²) in [6.07, 6.45) is 0.871. The number of anilines is 1. The molecule has 3 aliphatic heterocycles. The van der Waals surface area contributed by atoms with Gasteiger partial charge in [0.2, 0.25) is 17.7 Å². The van der Waals surface area contributed by atoms with E-state index in [0.29, 0.717) is 28.3 Å². The lowest BCUT2D eigenvalue weighted by Crippen LogP contribution is -2.54. The van der Waals surface area contributed by atoms with E-state index in [1.807, 2.05) is 13.8 Å². The summed E-state index contributed by atoms with van der Waals surface area (Å²) in [5.74, 6) is -3.28. The van der Waals surface area contributed by atoms with Crippen LogP contribution in [0.25, 0.3) is 0 Å². The Morgan fingerprint density at radius 1 is 1.09 bits per heavy atom. The van der Waals surface area contributed by atoms with Crippen LogP contribution < -0.4 is 10.6 Å². The second-order valence-corrected chi connectivity index (χ2v) is 9.47. The number of likely N-dealkylation sites (tertiary alicyclic amines) is 1. The zero-order chi connectivity index (χ0) is 23.7. The van der Waals surface area contributed by atoms with Gasteiger partial charge in [0.15, 0.2) is 11.5 Å². The summed E-state index contributed by atoms with van der Waals surface area (Å²) >= 11 is 6.26. The summed E-state index contributed by atoms with van der Waals surface area (Å²) in [5, 5.41) is 26.2.